The molecule has 2 aliphatic heterocycles. The van der Waals surface area contributed by atoms with Gasteiger partial charge in [-0.3, -0.25) is 0 Å². The van der Waals surface area contributed by atoms with Crippen LogP contribution in [-0.2, 0) is 4.74 Å². The van der Waals surface area contributed by atoms with Gasteiger partial charge in [0.2, 0.25) is 0 Å². The van der Waals surface area contributed by atoms with Crippen molar-refractivity contribution in [3.05, 3.63) is 47.5 Å². The summed E-state index contributed by atoms with van der Waals surface area (Å²) in [5.41, 5.74) is 1.26. The average molecular weight is 572 g/mol. The van der Waals surface area contributed by atoms with Crippen molar-refractivity contribution in [1.82, 2.24) is 19.8 Å². The molecule has 1 N–H and O–H groups in total. The van der Waals surface area contributed by atoms with Gasteiger partial charge in [0, 0.05) is 56.2 Å². The molecule has 5 rings (SSSR count). The van der Waals surface area contributed by atoms with E-state index in [1.54, 1.807) is 19.2 Å². The molecule has 9 nitrogen and oxygen atoms in total. The molecule has 214 valence electrons. The Kier molecular flexibility index (Phi) is 8.75. The number of hydrogen-bond donors (Lipinski definition) is 1. The zero-order chi connectivity index (χ0) is 28.2. The number of fused-ring (bicyclic) bond motifs is 1. The van der Waals surface area contributed by atoms with Crippen molar-refractivity contribution in [3.8, 4) is 11.5 Å². The third kappa shape index (κ3) is 6.18. The largest absolute Gasteiger partial charge is 0.493 e. The standard InChI is InChI=1S/C29H35ClFN5O4/c1-4-19-15-36(16-20(5-2)39-19)29(37)35-10-8-21(9-11-35)40-27-13-22-25(14-26(27)38-3)32-17-33-28(22)34-18-6-7-24(31)23(30)12-18/h6-7,12-14,17,19-21H,4-5,8-11,15-16H2,1-3H3,(H,32,33,34). The fraction of sp³-hybridized carbons (Fsp3) is 0.483. The first-order chi connectivity index (χ1) is 19.4. The number of aromatic nitrogens is 2. The first-order valence-corrected chi connectivity index (χ1v) is 14.2. The molecule has 0 bridgehead atoms. The van der Waals surface area contributed by atoms with E-state index < -0.39 is 5.82 Å². The Morgan fingerprint density at radius 3 is 2.45 bits per heavy atom. The highest BCUT2D eigenvalue weighted by Crippen LogP contribution is 2.36. The second kappa shape index (κ2) is 12.4. The maximum atomic E-state index is 13.6. The van der Waals surface area contributed by atoms with Crippen molar-refractivity contribution in [2.75, 3.05) is 38.6 Å². The molecule has 2 saturated heterocycles. The SMILES string of the molecule is CCC1CN(C(=O)N2CCC(Oc3cc4c(Nc5ccc(F)c(Cl)c5)ncnc4cc3OC)CC2)CC(CC)O1. The number of carbonyl (C=O) groups is 1. The van der Waals surface area contributed by atoms with Crippen LogP contribution in [0.25, 0.3) is 10.9 Å². The molecule has 3 heterocycles. The monoisotopic (exact) mass is 571 g/mol. The van der Waals surface area contributed by atoms with Crippen molar-refractivity contribution in [2.45, 2.75) is 57.8 Å². The van der Waals surface area contributed by atoms with E-state index in [9.17, 15) is 9.18 Å². The minimum atomic E-state index is -0.492. The molecule has 2 aliphatic rings. The van der Waals surface area contributed by atoms with Gasteiger partial charge in [-0.25, -0.2) is 19.2 Å². The van der Waals surface area contributed by atoms with Gasteiger partial charge in [0.1, 0.15) is 24.1 Å². The Morgan fingerprint density at radius 1 is 1.07 bits per heavy atom. The van der Waals surface area contributed by atoms with Crippen LogP contribution in [0.4, 0.5) is 20.7 Å². The number of piperidine rings is 1. The van der Waals surface area contributed by atoms with E-state index >= 15 is 0 Å². The lowest BCUT2D eigenvalue weighted by Crippen LogP contribution is -2.55. The number of morpholine rings is 1. The highest BCUT2D eigenvalue weighted by molar-refractivity contribution is 6.31. The van der Waals surface area contributed by atoms with Crippen LogP contribution in [0.1, 0.15) is 39.5 Å². The number of anilines is 2. The zero-order valence-corrected chi connectivity index (χ0v) is 23.8. The summed E-state index contributed by atoms with van der Waals surface area (Å²) >= 11 is 5.95. The number of methoxy groups -OCH3 is 1. The molecule has 2 aromatic carbocycles. The van der Waals surface area contributed by atoms with Crippen LogP contribution in [-0.4, -0.2) is 77.4 Å². The molecule has 2 unspecified atom stereocenters. The third-order valence-electron chi connectivity index (χ3n) is 7.52. The number of likely N-dealkylation sites (tertiary alicyclic amines) is 1. The second-order valence-corrected chi connectivity index (χ2v) is 10.6. The topological polar surface area (TPSA) is 89.1 Å². The van der Waals surface area contributed by atoms with Gasteiger partial charge in [0.15, 0.2) is 11.5 Å². The lowest BCUT2D eigenvalue weighted by atomic mass is 10.1. The van der Waals surface area contributed by atoms with Gasteiger partial charge in [-0.2, -0.15) is 0 Å². The van der Waals surface area contributed by atoms with Crippen molar-refractivity contribution in [1.29, 1.82) is 0 Å². The summed E-state index contributed by atoms with van der Waals surface area (Å²) in [5, 5.41) is 3.92. The number of urea groups is 1. The van der Waals surface area contributed by atoms with E-state index in [2.05, 4.69) is 29.1 Å². The van der Waals surface area contributed by atoms with Crippen LogP contribution in [0.5, 0.6) is 11.5 Å². The van der Waals surface area contributed by atoms with Crippen molar-refractivity contribution < 1.29 is 23.4 Å². The van der Waals surface area contributed by atoms with Crippen LogP contribution >= 0.6 is 11.6 Å². The van der Waals surface area contributed by atoms with Gasteiger partial charge in [-0.05, 0) is 37.1 Å². The molecule has 0 spiro atoms. The smallest absolute Gasteiger partial charge is 0.320 e. The molecule has 2 fully saturated rings. The summed E-state index contributed by atoms with van der Waals surface area (Å²) in [6.45, 7) is 6.70. The molecular formula is C29H35ClFN5O4. The number of nitrogens with zero attached hydrogens (tertiary/aromatic N) is 4. The second-order valence-electron chi connectivity index (χ2n) is 10.2. The zero-order valence-electron chi connectivity index (χ0n) is 23.0. The fourth-order valence-corrected chi connectivity index (χ4v) is 5.38. The number of nitrogens with one attached hydrogen (secondary N) is 1. The molecule has 3 aromatic rings. The van der Waals surface area contributed by atoms with Crippen LogP contribution < -0.4 is 14.8 Å². The van der Waals surface area contributed by atoms with Crippen LogP contribution in [0, 0.1) is 5.82 Å². The predicted octanol–water partition coefficient (Wildman–Crippen LogP) is 6.03. The summed E-state index contributed by atoms with van der Waals surface area (Å²) in [7, 11) is 1.59. The quantitative estimate of drug-likeness (QED) is 0.370. The summed E-state index contributed by atoms with van der Waals surface area (Å²) < 4.78 is 31.7. The maximum absolute atomic E-state index is 13.6. The van der Waals surface area contributed by atoms with Crippen molar-refractivity contribution in [3.63, 3.8) is 0 Å². The van der Waals surface area contributed by atoms with E-state index in [-0.39, 0.29) is 29.4 Å². The number of benzene rings is 2. The van der Waals surface area contributed by atoms with E-state index in [1.807, 2.05) is 15.9 Å². The Bertz CT molecular complexity index is 1340. The summed E-state index contributed by atoms with van der Waals surface area (Å²) in [5.74, 6) is 1.17. The Morgan fingerprint density at radius 2 is 1.80 bits per heavy atom. The number of carbonyl (C=O) groups excluding carboxylic acids is 1. The van der Waals surface area contributed by atoms with Gasteiger partial charge in [-0.15, -0.1) is 0 Å². The minimum Gasteiger partial charge on any atom is -0.493 e. The normalized spacial score (nSPS) is 20.0. The van der Waals surface area contributed by atoms with Crippen LogP contribution in [0.3, 0.4) is 0 Å². The Labute approximate surface area is 238 Å². The van der Waals surface area contributed by atoms with Gasteiger partial charge < -0.3 is 29.3 Å². The Hall–Kier alpha value is -3.37. The first kappa shape index (κ1) is 28.2. The molecule has 11 heteroatoms. The molecule has 2 amide bonds. The van der Waals surface area contributed by atoms with Crippen LogP contribution in [0.2, 0.25) is 5.02 Å². The third-order valence-corrected chi connectivity index (χ3v) is 7.81. The van der Waals surface area contributed by atoms with E-state index in [0.29, 0.717) is 67.5 Å². The van der Waals surface area contributed by atoms with E-state index in [4.69, 9.17) is 25.8 Å². The maximum Gasteiger partial charge on any atom is 0.320 e. The highest BCUT2D eigenvalue weighted by atomic mass is 35.5. The molecule has 0 aliphatic carbocycles. The molecule has 0 radical (unpaired) electrons. The lowest BCUT2D eigenvalue weighted by molar-refractivity contribution is -0.0781. The summed E-state index contributed by atoms with van der Waals surface area (Å²) in [6.07, 6.45) is 4.74. The number of amides is 2. The van der Waals surface area contributed by atoms with Gasteiger partial charge in [0.05, 0.1) is 29.9 Å². The van der Waals surface area contributed by atoms with Crippen molar-refractivity contribution >= 4 is 40.0 Å². The number of hydrogen-bond acceptors (Lipinski definition) is 7. The van der Waals surface area contributed by atoms with E-state index in [0.717, 1.165) is 18.2 Å². The minimum absolute atomic E-state index is 0.0165. The summed E-state index contributed by atoms with van der Waals surface area (Å²) in [6, 6.07) is 8.13. The first-order valence-electron chi connectivity index (χ1n) is 13.8. The van der Waals surface area contributed by atoms with Gasteiger partial charge in [0.25, 0.3) is 0 Å². The molecule has 2 atom stereocenters. The molecule has 1 aromatic heterocycles. The molecule has 40 heavy (non-hydrogen) atoms. The lowest BCUT2D eigenvalue weighted by Gasteiger charge is -2.41. The van der Waals surface area contributed by atoms with Gasteiger partial charge >= 0.3 is 6.03 Å². The Balaban J connectivity index is 1.28. The van der Waals surface area contributed by atoms with Gasteiger partial charge in [-0.1, -0.05) is 25.4 Å². The van der Waals surface area contributed by atoms with Crippen LogP contribution in [0.15, 0.2) is 36.7 Å². The number of halogens is 2. The summed E-state index contributed by atoms with van der Waals surface area (Å²) in [4.78, 5) is 25.9. The van der Waals surface area contributed by atoms with E-state index in [1.165, 1.54) is 18.5 Å². The number of rotatable bonds is 7. The highest BCUT2D eigenvalue weighted by Gasteiger charge is 2.33. The molecular weight excluding hydrogens is 537 g/mol. The predicted molar refractivity (Wildman–Crippen MR) is 152 cm³/mol. The number of ether oxygens (including phenoxy) is 3. The average Bonchev–Trinajstić information content (AvgIpc) is 2.98. The fourth-order valence-electron chi connectivity index (χ4n) is 5.20. The molecule has 0 saturated carbocycles. The van der Waals surface area contributed by atoms with Crippen molar-refractivity contribution in [2.24, 2.45) is 0 Å².